The second kappa shape index (κ2) is 5.56. The van der Waals surface area contributed by atoms with Crippen LogP contribution in [0.25, 0.3) is 10.8 Å². The molecule has 0 N–H and O–H groups in total. The molecule has 0 amide bonds. The Morgan fingerprint density at radius 2 is 1.59 bits per heavy atom. The van der Waals surface area contributed by atoms with Crippen molar-refractivity contribution in [1.82, 2.24) is 0 Å². The van der Waals surface area contributed by atoms with Gasteiger partial charge >= 0.3 is 15.6 Å². The molecule has 2 aromatic rings. The number of benzene rings is 2. The molecule has 0 aromatic heterocycles. The molecular weight excluding hydrogens is 325 g/mol. The number of rotatable bonds is 4. The second-order valence-electron chi connectivity index (χ2n) is 3.96. The highest BCUT2D eigenvalue weighted by Gasteiger charge is 2.48. The van der Waals surface area contributed by atoms with Crippen molar-refractivity contribution in [2.75, 3.05) is 14.1 Å². The van der Waals surface area contributed by atoms with Gasteiger partial charge in [-0.3, -0.25) is 0 Å². The van der Waals surface area contributed by atoms with Crippen molar-refractivity contribution >= 4 is 20.9 Å². The molecule has 0 saturated heterocycles. The van der Waals surface area contributed by atoms with Gasteiger partial charge in [0.05, 0.1) is 22.3 Å². The summed E-state index contributed by atoms with van der Waals surface area (Å²) in [5.41, 5.74) is -5.69. The van der Waals surface area contributed by atoms with Crippen LogP contribution in [0.1, 0.15) is 8.22 Å². The van der Waals surface area contributed by atoms with E-state index in [0.717, 1.165) is 30.3 Å². The normalized spacial score (nSPS) is 17.4. The van der Waals surface area contributed by atoms with Gasteiger partial charge in [-0.05, 0) is 30.3 Å². The summed E-state index contributed by atoms with van der Waals surface area (Å²) in [7, 11) is -11.8. The topological polar surface area (TPSA) is 61.8 Å². The van der Waals surface area contributed by atoms with E-state index >= 15 is 0 Å². The van der Waals surface area contributed by atoms with E-state index in [1.165, 1.54) is 0 Å². The third-order valence-corrected chi connectivity index (χ3v) is 3.60. The molecule has 120 valence electrons. The molecule has 0 aliphatic rings. The molecule has 0 radical (unpaired) electrons. The fraction of sp³-hybridized carbons (Fsp3) is 0.231. The summed E-state index contributed by atoms with van der Waals surface area (Å²) in [4.78, 5) is 0. The maximum Gasteiger partial charge on any atom is 0.534 e. The van der Waals surface area contributed by atoms with E-state index in [4.69, 9.17) is 17.7 Å². The number of halogens is 3. The minimum absolute atomic E-state index is 0.0605. The summed E-state index contributed by atoms with van der Waals surface area (Å²) in [6.07, 6.45) is 0. The molecule has 0 unspecified atom stereocenters. The third-order valence-electron chi connectivity index (χ3n) is 2.62. The van der Waals surface area contributed by atoms with E-state index in [0.29, 0.717) is 0 Å². The van der Waals surface area contributed by atoms with Crippen LogP contribution in [0, 0.1) is 0 Å². The number of fused-ring (bicyclic) bond motifs is 1. The third kappa shape index (κ3) is 2.89. The average molecular weight is 342 g/mol. The van der Waals surface area contributed by atoms with Gasteiger partial charge < -0.3 is 13.7 Å². The maximum absolute atomic E-state index is 12.5. The van der Waals surface area contributed by atoms with E-state index in [-0.39, 0.29) is 22.3 Å². The van der Waals surface area contributed by atoms with Crippen LogP contribution in [-0.4, -0.2) is 28.0 Å². The van der Waals surface area contributed by atoms with Crippen LogP contribution in [0.2, 0.25) is 0 Å². The van der Waals surface area contributed by atoms with Gasteiger partial charge in [-0.2, -0.15) is 21.6 Å². The Morgan fingerprint density at radius 1 is 1.00 bits per heavy atom. The molecule has 0 saturated carbocycles. The first kappa shape index (κ1) is 9.78. The zero-order valence-corrected chi connectivity index (χ0v) is 11.3. The van der Waals surface area contributed by atoms with Crippen molar-refractivity contribution < 1.29 is 43.5 Å². The van der Waals surface area contributed by atoms with E-state index < -0.39 is 35.5 Å². The predicted octanol–water partition coefficient (Wildman–Crippen LogP) is 3.09. The summed E-state index contributed by atoms with van der Waals surface area (Å²) in [5.74, 6) is -1.45. The quantitative estimate of drug-likeness (QED) is 0.631. The molecule has 5 nitrogen and oxygen atoms in total. The number of hydrogen-bond donors (Lipinski definition) is 0. The van der Waals surface area contributed by atoms with Gasteiger partial charge in [0.1, 0.15) is 17.2 Å². The Bertz CT molecular complexity index is 985. The van der Waals surface area contributed by atoms with E-state index in [9.17, 15) is 21.6 Å². The van der Waals surface area contributed by atoms with Gasteiger partial charge in [0.25, 0.3) is 0 Å². The molecule has 22 heavy (non-hydrogen) atoms. The van der Waals surface area contributed by atoms with Gasteiger partial charge in [0.2, 0.25) is 0 Å². The molecule has 2 rings (SSSR count). The van der Waals surface area contributed by atoms with E-state index in [2.05, 4.69) is 4.18 Å². The molecular formula is C13H11F3O5S. The molecule has 2 aromatic carbocycles. The van der Waals surface area contributed by atoms with Crippen molar-refractivity contribution in [2.45, 2.75) is 5.51 Å². The fourth-order valence-corrected chi connectivity index (χ4v) is 2.13. The first-order valence-corrected chi connectivity index (χ1v) is 6.85. The molecule has 0 aliphatic carbocycles. The number of ether oxygens (including phenoxy) is 2. The number of alkyl halides is 3. The Morgan fingerprint density at radius 3 is 2.14 bits per heavy atom. The highest BCUT2D eigenvalue weighted by Crippen LogP contribution is 2.36. The van der Waals surface area contributed by atoms with Crippen LogP contribution in [0.3, 0.4) is 0 Å². The lowest BCUT2D eigenvalue weighted by Gasteiger charge is -2.12. The molecule has 0 spiro atoms. The van der Waals surface area contributed by atoms with Crippen LogP contribution >= 0.6 is 0 Å². The molecule has 0 aliphatic heterocycles. The van der Waals surface area contributed by atoms with Crippen LogP contribution in [0.15, 0.2) is 30.3 Å². The molecule has 0 atom stereocenters. The summed E-state index contributed by atoms with van der Waals surface area (Å²) in [6, 6.07) is 4.67. The highest BCUT2D eigenvalue weighted by molar-refractivity contribution is 7.88. The van der Waals surface area contributed by atoms with Crippen molar-refractivity contribution in [3.05, 3.63) is 30.3 Å². The summed E-state index contributed by atoms with van der Waals surface area (Å²) >= 11 is 0. The second-order valence-corrected chi connectivity index (χ2v) is 5.49. The van der Waals surface area contributed by atoms with E-state index in [1.807, 2.05) is 0 Å². The van der Waals surface area contributed by atoms with Crippen LogP contribution in [-0.2, 0) is 10.1 Å². The van der Waals surface area contributed by atoms with Gasteiger partial charge in [0, 0.05) is 10.8 Å². The van der Waals surface area contributed by atoms with Crippen molar-refractivity contribution in [3.63, 3.8) is 0 Å². The number of hydrogen-bond acceptors (Lipinski definition) is 5. The highest BCUT2D eigenvalue weighted by atomic mass is 32.2. The lowest BCUT2D eigenvalue weighted by molar-refractivity contribution is -0.0500. The van der Waals surface area contributed by atoms with Crippen molar-refractivity contribution in [3.8, 4) is 17.2 Å². The molecule has 0 bridgehead atoms. The van der Waals surface area contributed by atoms with Gasteiger partial charge in [0.15, 0.2) is 0 Å². The lowest BCUT2D eigenvalue weighted by atomic mass is 10.1. The fourth-order valence-electron chi connectivity index (χ4n) is 1.68. The van der Waals surface area contributed by atoms with Crippen LogP contribution in [0.5, 0.6) is 17.2 Å². The first-order valence-electron chi connectivity index (χ1n) is 8.44. The van der Waals surface area contributed by atoms with Crippen molar-refractivity contribution in [1.29, 1.82) is 0 Å². The molecule has 0 fully saturated rings. The zero-order valence-electron chi connectivity index (χ0n) is 16.5. The Labute approximate surface area is 132 Å². The zero-order chi connectivity index (χ0) is 21.5. The monoisotopic (exact) mass is 342 g/mol. The standard InChI is InChI=1S/C13H11F3O5S/c1-19-11-5-6-12(20-2)10-7-8(3-4-9(10)11)21-22(17,18)13(14,15)16/h3-7H,1-2H3/i1D3,2D3. The summed E-state index contributed by atoms with van der Waals surface area (Å²) in [6.45, 7) is 0. The Hall–Kier alpha value is -2.16. The Balaban J connectivity index is 2.62. The van der Waals surface area contributed by atoms with Crippen molar-refractivity contribution in [2.24, 2.45) is 0 Å². The lowest BCUT2D eigenvalue weighted by Crippen LogP contribution is -2.28. The average Bonchev–Trinajstić information content (AvgIpc) is 2.45. The molecule has 0 heterocycles. The van der Waals surface area contributed by atoms with E-state index in [1.54, 1.807) is 0 Å². The van der Waals surface area contributed by atoms with Crippen LogP contribution < -0.4 is 13.7 Å². The largest absolute Gasteiger partial charge is 0.534 e. The maximum atomic E-state index is 12.5. The first-order chi connectivity index (χ1) is 12.5. The molecule has 9 heteroatoms. The van der Waals surface area contributed by atoms with Gasteiger partial charge in [-0.25, -0.2) is 0 Å². The smallest absolute Gasteiger partial charge is 0.496 e. The number of methoxy groups -OCH3 is 2. The van der Waals surface area contributed by atoms with Gasteiger partial charge in [-0.1, -0.05) is 0 Å². The Kier molecular flexibility index (Phi) is 2.47. The summed E-state index contributed by atoms with van der Waals surface area (Å²) in [5, 5.41) is -0.303. The summed E-state index contributed by atoms with van der Waals surface area (Å²) < 4.78 is 116. The minimum Gasteiger partial charge on any atom is -0.496 e. The van der Waals surface area contributed by atoms with Gasteiger partial charge in [-0.15, -0.1) is 0 Å². The van der Waals surface area contributed by atoms with Crippen LogP contribution in [0.4, 0.5) is 13.2 Å². The minimum atomic E-state index is -5.98. The SMILES string of the molecule is [2H]C([2H])([2H])Oc1ccc(OC([2H])([2H])[2H])c2cc(OS(=O)(=O)C(F)(F)F)ccc12. The predicted molar refractivity (Wildman–Crippen MR) is 72.7 cm³/mol.